The molecule has 0 heterocycles. The van der Waals surface area contributed by atoms with E-state index in [4.69, 9.17) is 5.73 Å². The summed E-state index contributed by atoms with van der Waals surface area (Å²) in [5, 5.41) is 2.70. The largest absolute Gasteiger partial charge is 0.368 e. The summed E-state index contributed by atoms with van der Waals surface area (Å²) >= 11 is 0. The maximum absolute atomic E-state index is 11.7. The summed E-state index contributed by atoms with van der Waals surface area (Å²) in [7, 11) is 0. The lowest BCUT2D eigenvalue weighted by Crippen LogP contribution is -2.46. The van der Waals surface area contributed by atoms with Crippen molar-refractivity contribution in [2.75, 3.05) is 0 Å². The van der Waals surface area contributed by atoms with Crippen LogP contribution in [0.4, 0.5) is 0 Å². The van der Waals surface area contributed by atoms with Crippen molar-refractivity contribution in [3.63, 3.8) is 0 Å². The first-order valence-electron chi connectivity index (χ1n) is 6.52. The Labute approximate surface area is 114 Å². The summed E-state index contributed by atoms with van der Waals surface area (Å²) in [5.41, 5.74) is 7.46. The third-order valence-corrected chi connectivity index (χ3v) is 2.79. The number of primary amides is 1. The van der Waals surface area contributed by atoms with Crippen LogP contribution in [0.25, 0.3) is 0 Å². The average Bonchev–Trinajstić information content (AvgIpc) is 2.26. The fourth-order valence-electron chi connectivity index (χ4n) is 1.92. The zero-order valence-corrected chi connectivity index (χ0v) is 11.8. The molecule has 3 N–H and O–H groups in total. The molecule has 19 heavy (non-hydrogen) atoms. The minimum absolute atomic E-state index is 0.133. The molecule has 0 aliphatic heterocycles. The number of rotatable bonds is 6. The van der Waals surface area contributed by atoms with Crippen LogP contribution in [0.1, 0.15) is 31.4 Å². The van der Waals surface area contributed by atoms with E-state index in [0.29, 0.717) is 12.8 Å². The molecule has 0 bridgehead atoms. The van der Waals surface area contributed by atoms with E-state index < -0.39 is 11.9 Å². The highest BCUT2D eigenvalue weighted by Gasteiger charge is 2.18. The molecule has 4 heteroatoms. The quantitative estimate of drug-likeness (QED) is 0.816. The molecule has 0 spiro atoms. The molecule has 0 saturated heterocycles. The zero-order valence-electron chi connectivity index (χ0n) is 11.8. The molecule has 0 saturated carbocycles. The Morgan fingerprint density at radius 2 is 2.00 bits per heavy atom. The highest BCUT2D eigenvalue weighted by Crippen LogP contribution is 2.07. The minimum atomic E-state index is -0.645. The van der Waals surface area contributed by atoms with E-state index in [1.54, 1.807) is 0 Å². The van der Waals surface area contributed by atoms with Crippen molar-refractivity contribution in [3.05, 3.63) is 35.4 Å². The SMILES string of the molecule is Cc1cccc(C[C@@H](NC(=O)CC(C)C)C(N)=O)c1. The van der Waals surface area contributed by atoms with Crippen molar-refractivity contribution in [3.8, 4) is 0 Å². The summed E-state index contributed by atoms with van der Waals surface area (Å²) in [5.74, 6) is -0.377. The highest BCUT2D eigenvalue weighted by atomic mass is 16.2. The Morgan fingerprint density at radius 1 is 1.32 bits per heavy atom. The van der Waals surface area contributed by atoms with E-state index >= 15 is 0 Å². The lowest BCUT2D eigenvalue weighted by Gasteiger charge is -2.16. The molecule has 0 aliphatic rings. The van der Waals surface area contributed by atoms with Gasteiger partial charge in [0.05, 0.1) is 0 Å². The summed E-state index contributed by atoms with van der Waals surface area (Å²) < 4.78 is 0. The van der Waals surface area contributed by atoms with Crippen LogP contribution in [0.5, 0.6) is 0 Å². The maximum atomic E-state index is 11.7. The van der Waals surface area contributed by atoms with Crippen LogP contribution >= 0.6 is 0 Å². The molecular weight excluding hydrogens is 240 g/mol. The van der Waals surface area contributed by atoms with Gasteiger partial charge in [0.1, 0.15) is 6.04 Å². The first-order valence-corrected chi connectivity index (χ1v) is 6.52. The fraction of sp³-hybridized carbons (Fsp3) is 0.467. The molecule has 0 fully saturated rings. The number of carbonyl (C=O) groups is 2. The van der Waals surface area contributed by atoms with Crippen LogP contribution in [0.3, 0.4) is 0 Å². The Morgan fingerprint density at radius 3 is 2.53 bits per heavy atom. The van der Waals surface area contributed by atoms with Gasteiger partial charge in [-0.15, -0.1) is 0 Å². The second-order valence-electron chi connectivity index (χ2n) is 5.31. The summed E-state index contributed by atoms with van der Waals surface area (Å²) in [4.78, 5) is 23.1. The number of amides is 2. The van der Waals surface area contributed by atoms with Gasteiger partial charge in [-0.05, 0) is 18.4 Å². The topological polar surface area (TPSA) is 72.2 Å². The van der Waals surface area contributed by atoms with Gasteiger partial charge in [-0.1, -0.05) is 43.7 Å². The molecule has 0 unspecified atom stereocenters. The number of carbonyl (C=O) groups excluding carboxylic acids is 2. The van der Waals surface area contributed by atoms with Gasteiger partial charge >= 0.3 is 0 Å². The van der Waals surface area contributed by atoms with Gasteiger partial charge in [-0.3, -0.25) is 9.59 Å². The van der Waals surface area contributed by atoms with E-state index in [0.717, 1.165) is 11.1 Å². The predicted octanol–water partition coefficient (Wildman–Crippen LogP) is 1.55. The molecule has 104 valence electrons. The summed E-state index contributed by atoms with van der Waals surface area (Å²) in [6.45, 7) is 5.90. The molecule has 0 aromatic heterocycles. The molecule has 1 aromatic carbocycles. The Bertz CT molecular complexity index is 455. The number of nitrogens with two attached hydrogens (primary N) is 1. The number of aryl methyl sites for hydroxylation is 1. The maximum Gasteiger partial charge on any atom is 0.240 e. The van der Waals surface area contributed by atoms with E-state index in [1.165, 1.54) is 0 Å². The third kappa shape index (κ3) is 5.55. The van der Waals surface area contributed by atoms with Crippen LogP contribution in [0.15, 0.2) is 24.3 Å². The minimum Gasteiger partial charge on any atom is -0.368 e. The number of hydrogen-bond donors (Lipinski definition) is 2. The van der Waals surface area contributed by atoms with Crippen molar-refractivity contribution >= 4 is 11.8 Å². The molecule has 1 atom stereocenters. The van der Waals surface area contributed by atoms with Crippen LogP contribution in [0.2, 0.25) is 0 Å². The molecule has 1 aromatic rings. The van der Waals surface area contributed by atoms with E-state index in [-0.39, 0.29) is 11.8 Å². The average molecular weight is 262 g/mol. The summed E-state index contributed by atoms with van der Waals surface area (Å²) in [6.07, 6.45) is 0.832. The third-order valence-electron chi connectivity index (χ3n) is 2.79. The van der Waals surface area contributed by atoms with Gasteiger partial charge in [0, 0.05) is 12.8 Å². The molecule has 0 aliphatic carbocycles. The van der Waals surface area contributed by atoms with Gasteiger partial charge < -0.3 is 11.1 Å². The van der Waals surface area contributed by atoms with E-state index in [2.05, 4.69) is 5.32 Å². The fourth-order valence-corrected chi connectivity index (χ4v) is 1.92. The standard InChI is InChI=1S/C15H22N2O2/c1-10(2)7-14(18)17-13(15(16)19)9-12-6-4-5-11(3)8-12/h4-6,8,10,13H,7,9H2,1-3H3,(H2,16,19)(H,17,18)/t13-/m1/s1. The van der Waals surface area contributed by atoms with Crippen molar-refractivity contribution < 1.29 is 9.59 Å². The van der Waals surface area contributed by atoms with E-state index in [1.807, 2.05) is 45.0 Å². The van der Waals surface area contributed by atoms with Crippen molar-refractivity contribution in [1.82, 2.24) is 5.32 Å². The number of hydrogen-bond acceptors (Lipinski definition) is 2. The Balaban J connectivity index is 2.68. The smallest absolute Gasteiger partial charge is 0.240 e. The first-order chi connectivity index (χ1) is 8.88. The van der Waals surface area contributed by atoms with E-state index in [9.17, 15) is 9.59 Å². The second-order valence-corrected chi connectivity index (χ2v) is 5.31. The molecule has 1 rings (SSSR count). The van der Waals surface area contributed by atoms with Crippen molar-refractivity contribution in [1.29, 1.82) is 0 Å². The molecule has 2 amide bonds. The van der Waals surface area contributed by atoms with Crippen LogP contribution in [0, 0.1) is 12.8 Å². The monoisotopic (exact) mass is 262 g/mol. The van der Waals surface area contributed by atoms with Gasteiger partial charge in [0.15, 0.2) is 0 Å². The lowest BCUT2D eigenvalue weighted by molar-refractivity contribution is -0.127. The van der Waals surface area contributed by atoms with Crippen LogP contribution in [-0.4, -0.2) is 17.9 Å². The summed E-state index contributed by atoms with van der Waals surface area (Å²) in [6, 6.07) is 7.19. The van der Waals surface area contributed by atoms with Gasteiger partial charge in [0.25, 0.3) is 0 Å². The highest BCUT2D eigenvalue weighted by molar-refractivity contribution is 5.86. The van der Waals surface area contributed by atoms with Crippen LogP contribution in [-0.2, 0) is 16.0 Å². The molecule has 4 nitrogen and oxygen atoms in total. The molecule has 0 radical (unpaired) electrons. The Kier molecular flexibility index (Phi) is 5.55. The first kappa shape index (κ1) is 15.2. The van der Waals surface area contributed by atoms with Gasteiger partial charge in [-0.25, -0.2) is 0 Å². The normalized spacial score (nSPS) is 12.2. The van der Waals surface area contributed by atoms with Crippen molar-refractivity contribution in [2.24, 2.45) is 11.7 Å². The zero-order chi connectivity index (χ0) is 14.4. The van der Waals surface area contributed by atoms with Crippen molar-refractivity contribution in [2.45, 2.75) is 39.7 Å². The molecular formula is C15H22N2O2. The number of nitrogens with one attached hydrogen (secondary N) is 1. The van der Waals surface area contributed by atoms with Crippen LogP contribution < -0.4 is 11.1 Å². The van der Waals surface area contributed by atoms with Gasteiger partial charge in [-0.2, -0.15) is 0 Å². The lowest BCUT2D eigenvalue weighted by atomic mass is 10.0. The number of benzene rings is 1. The second kappa shape index (κ2) is 6.92. The predicted molar refractivity (Wildman–Crippen MR) is 75.5 cm³/mol. The van der Waals surface area contributed by atoms with Gasteiger partial charge in [0.2, 0.25) is 11.8 Å². The Hall–Kier alpha value is -1.84.